The monoisotopic (exact) mass is 334 g/mol. The van der Waals surface area contributed by atoms with Crippen molar-refractivity contribution in [1.82, 2.24) is 0 Å². The minimum Gasteiger partial charge on any atom is -0.482 e. The quantitative estimate of drug-likeness (QED) is 0.506. The van der Waals surface area contributed by atoms with Gasteiger partial charge in [0.05, 0.1) is 0 Å². The van der Waals surface area contributed by atoms with Crippen LogP contribution in [-0.4, -0.2) is 25.0 Å². The number of Topliss-reactive ketones (excluding diaryl/α,β-unsaturated/α-hetero) is 1. The number of carbonyl (C=O) groups is 2. The summed E-state index contributed by atoms with van der Waals surface area (Å²) in [6.45, 7) is 1.36. The van der Waals surface area contributed by atoms with Gasteiger partial charge >= 0.3 is 5.97 Å². The zero-order valence-electron chi connectivity index (χ0n) is 13.9. The lowest BCUT2D eigenvalue weighted by atomic mass is 10.0. The van der Waals surface area contributed by atoms with Crippen molar-refractivity contribution in [3.05, 3.63) is 77.9 Å². The molecule has 0 atom stereocenters. The molecule has 0 N–H and O–H groups in total. The van der Waals surface area contributed by atoms with Crippen LogP contribution in [0.25, 0.3) is 10.8 Å². The van der Waals surface area contributed by atoms with E-state index in [1.807, 2.05) is 61.5 Å². The van der Waals surface area contributed by atoms with Gasteiger partial charge in [0.15, 0.2) is 13.2 Å². The fourth-order valence-corrected chi connectivity index (χ4v) is 2.59. The summed E-state index contributed by atoms with van der Waals surface area (Å²) in [4.78, 5) is 24.2. The molecular weight excluding hydrogens is 316 g/mol. The van der Waals surface area contributed by atoms with E-state index in [1.165, 1.54) is 0 Å². The first-order chi connectivity index (χ1) is 12.1. The number of fused-ring (bicyclic) bond motifs is 1. The van der Waals surface area contributed by atoms with E-state index in [9.17, 15) is 9.59 Å². The Labute approximate surface area is 146 Å². The number of para-hydroxylation sites is 1. The van der Waals surface area contributed by atoms with E-state index in [2.05, 4.69) is 0 Å². The third-order valence-corrected chi connectivity index (χ3v) is 3.89. The van der Waals surface area contributed by atoms with Crippen LogP contribution < -0.4 is 4.74 Å². The minimum absolute atomic E-state index is 0.229. The van der Waals surface area contributed by atoms with Gasteiger partial charge in [0.2, 0.25) is 5.78 Å². The second kappa shape index (κ2) is 7.62. The maximum atomic E-state index is 12.4. The average molecular weight is 334 g/mol. The molecule has 0 heterocycles. The summed E-state index contributed by atoms with van der Waals surface area (Å²) in [6, 6.07) is 20.5. The van der Waals surface area contributed by atoms with Gasteiger partial charge in [-0.15, -0.1) is 0 Å². The van der Waals surface area contributed by atoms with E-state index < -0.39 is 5.97 Å². The van der Waals surface area contributed by atoms with E-state index in [0.717, 1.165) is 16.3 Å². The molecule has 4 heteroatoms. The summed E-state index contributed by atoms with van der Waals surface area (Å²) in [7, 11) is 0. The number of hydrogen-bond acceptors (Lipinski definition) is 4. The van der Waals surface area contributed by atoms with Crippen LogP contribution in [0.1, 0.15) is 15.9 Å². The lowest BCUT2D eigenvalue weighted by Crippen LogP contribution is -2.19. The van der Waals surface area contributed by atoms with Gasteiger partial charge in [-0.25, -0.2) is 4.79 Å². The number of ketones is 1. The molecule has 126 valence electrons. The molecule has 25 heavy (non-hydrogen) atoms. The van der Waals surface area contributed by atoms with E-state index in [1.54, 1.807) is 12.1 Å². The number of benzene rings is 3. The Morgan fingerprint density at radius 2 is 1.56 bits per heavy atom. The van der Waals surface area contributed by atoms with Crippen LogP contribution in [0, 0.1) is 6.92 Å². The fraction of sp³-hybridized carbons (Fsp3) is 0.143. The molecule has 0 radical (unpaired) electrons. The summed E-state index contributed by atoms with van der Waals surface area (Å²) >= 11 is 0. The Morgan fingerprint density at radius 1 is 0.840 bits per heavy atom. The molecule has 4 nitrogen and oxygen atoms in total. The van der Waals surface area contributed by atoms with Crippen molar-refractivity contribution in [2.24, 2.45) is 0 Å². The topological polar surface area (TPSA) is 52.6 Å². The molecule has 0 aromatic heterocycles. The van der Waals surface area contributed by atoms with Crippen LogP contribution >= 0.6 is 0 Å². The smallest absolute Gasteiger partial charge is 0.344 e. The molecule has 3 aromatic carbocycles. The van der Waals surface area contributed by atoms with Crippen molar-refractivity contribution >= 4 is 22.5 Å². The molecule has 0 aliphatic heterocycles. The number of rotatable bonds is 6. The lowest BCUT2D eigenvalue weighted by molar-refractivity contribution is -0.144. The maximum absolute atomic E-state index is 12.4. The van der Waals surface area contributed by atoms with Gasteiger partial charge < -0.3 is 9.47 Å². The fourth-order valence-electron chi connectivity index (χ4n) is 2.59. The Kier molecular flexibility index (Phi) is 5.09. The van der Waals surface area contributed by atoms with Crippen LogP contribution in [0.15, 0.2) is 66.7 Å². The Morgan fingerprint density at radius 3 is 2.40 bits per heavy atom. The third kappa shape index (κ3) is 4.04. The third-order valence-electron chi connectivity index (χ3n) is 3.89. The number of carbonyl (C=O) groups excluding carboxylic acids is 2. The zero-order valence-corrected chi connectivity index (χ0v) is 13.9. The van der Waals surface area contributed by atoms with Crippen LogP contribution in [0.4, 0.5) is 0 Å². The van der Waals surface area contributed by atoms with Gasteiger partial charge in [-0.2, -0.15) is 0 Å². The molecule has 0 saturated carbocycles. The van der Waals surface area contributed by atoms with Crippen molar-refractivity contribution in [1.29, 1.82) is 0 Å². The van der Waals surface area contributed by atoms with Crippen LogP contribution in [-0.2, 0) is 9.53 Å². The number of ether oxygens (including phenoxy) is 2. The van der Waals surface area contributed by atoms with Gasteiger partial charge in [0, 0.05) is 5.56 Å². The summed E-state index contributed by atoms with van der Waals surface area (Å²) in [6.07, 6.45) is 0. The summed E-state index contributed by atoms with van der Waals surface area (Å²) < 4.78 is 10.5. The van der Waals surface area contributed by atoms with Gasteiger partial charge in [-0.05, 0) is 29.3 Å². The highest BCUT2D eigenvalue weighted by atomic mass is 16.6. The summed E-state index contributed by atoms with van der Waals surface area (Å²) in [5.41, 5.74) is 1.48. The first-order valence-electron chi connectivity index (χ1n) is 8.00. The zero-order chi connectivity index (χ0) is 17.6. The molecule has 0 aliphatic carbocycles. The molecule has 0 spiro atoms. The largest absolute Gasteiger partial charge is 0.482 e. The highest BCUT2D eigenvalue weighted by Gasteiger charge is 2.13. The molecule has 0 unspecified atom stereocenters. The summed E-state index contributed by atoms with van der Waals surface area (Å²) in [5.74, 6) is -0.183. The Balaban J connectivity index is 1.58. The standard InChI is InChI=1S/C21H18O4/c1-15-7-2-5-12-20(15)24-14-21(23)25-13-19(22)18-11-6-9-16-8-3-4-10-17(16)18/h2-12H,13-14H2,1H3. The van der Waals surface area contributed by atoms with Crippen molar-refractivity contribution in [3.8, 4) is 5.75 Å². The predicted octanol–water partition coefficient (Wildman–Crippen LogP) is 3.95. The van der Waals surface area contributed by atoms with E-state index >= 15 is 0 Å². The highest BCUT2D eigenvalue weighted by molar-refractivity contribution is 6.09. The van der Waals surface area contributed by atoms with E-state index in [0.29, 0.717) is 11.3 Å². The SMILES string of the molecule is Cc1ccccc1OCC(=O)OCC(=O)c1cccc2ccccc12. The molecule has 3 aromatic rings. The first-order valence-corrected chi connectivity index (χ1v) is 8.00. The average Bonchev–Trinajstić information content (AvgIpc) is 2.65. The van der Waals surface area contributed by atoms with Gasteiger partial charge in [0.25, 0.3) is 0 Å². The molecule has 0 amide bonds. The number of hydrogen-bond donors (Lipinski definition) is 0. The van der Waals surface area contributed by atoms with Crippen LogP contribution in [0.3, 0.4) is 0 Å². The minimum atomic E-state index is -0.572. The van der Waals surface area contributed by atoms with Gasteiger partial charge in [-0.3, -0.25) is 4.79 Å². The second-order valence-electron chi connectivity index (χ2n) is 5.66. The molecule has 3 rings (SSSR count). The first kappa shape index (κ1) is 16.7. The Bertz CT molecular complexity index is 909. The van der Waals surface area contributed by atoms with Crippen LogP contribution in [0.2, 0.25) is 0 Å². The van der Waals surface area contributed by atoms with E-state index in [4.69, 9.17) is 9.47 Å². The normalized spacial score (nSPS) is 10.4. The predicted molar refractivity (Wildman–Crippen MR) is 95.9 cm³/mol. The van der Waals surface area contributed by atoms with Crippen molar-refractivity contribution in [2.45, 2.75) is 6.92 Å². The maximum Gasteiger partial charge on any atom is 0.344 e. The highest BCUT2D eigenvalue weighted by Crippen LogP contribution is 2.19. The van der Waals surface area contributed by atoms with E-state index in [-0.39, 0.29) is 19.0 Å². The number of esters is 1. The van der Waals surface area contributed by atoms with Crippen LogP contribution in [0.5, 0.6) is 5.75 Å². The van der Waals surface area contributed by atoms with Crippen molar-refractivity contribution < 1.29 is 19.1 Å². The van der Waals surface area contributed by atoms with Crippen molar-refractivity contribution in [3.63, 3.8) is 0 Å². The molecular formula is C21H18O4. The molecule has 0 bridgehead atoms. The molecule has 0 aliphatic rings. The van der Waals surface area contributed by atoms with Crippen molar-refractivity contribution in [2.75, 3.05) is 13.2 Å². The molecule has 0 saturated heterocycles. The lowest BCUT2D eigenvalue weighted by Gasteiger charge is -2.09. The second-order valence-corrected chi connectivity index (χ2v) is 5.66. The number of aryl methyl sites for hydroxylation is 1. The van der Waals surface area contributed by atoms with Gasteiger partial charge in [-0.1, -0.05) is 60.7 Å². The van der Waals surface area contributed by atoms with Gasteiger partial charge in [0.1, 0.15) is 5.75 Å². The Hall–Kier alpha value is -3.14. The molecule has 0 fully saturated rings. The summed E-state index contributed by atoms with van der Waals surface area (Å²) in [5, 5.41) is 1.82.